The van der Waals surface area contributed by atoms with Gasteiger partial charge in [0.15, 0.2) is 0 Å². The second-order valence-electron chi connectivity index (χ2n) is 7.30. The van der Waals surface area contributed by atoms with Crippen molar-refractivity contribution >= 4 is 11.7 Å². The normalized spacial score (nSPS) is 25.3. The summed E-state index contributed by atoms with van der Waals surface area (Å²) < 4.78 is 0. The molecule has 0 radical (unpaired) electrons. The molecule has 2 aromatic rings. The van der Waals surface area contributed by atoms with Crippen LogP contribution in [-0.2, 0) is 0 Å². The summed E-state index contributed by atoms with van der Waals surface area (Å²) in [6.45, 7) is 3.49. The van der Waals surface area contributed by atoms with Crippen molar-refractivity contribution in [2.45, 2.75) is 18.8 Å². The Balaban J connectivity index is 1.26. The molecule has 1 aliphatic carbocycles. The monoisotopic (exact) mass is 336 g/mol. The average Bonchev–Trinajstić information content (AvgIpc) is 3.32. The molecular formula is C18H20N6O. The van der Waals surface area contributed by atoms with E-state index in [2.05, 4.69) is 30.9 Å². The largest absolute Gasteiger partial charge is 0.356 e. The Hall–Kier alpha value is -2.57. The third-order valence-electron chi connectivity index (χ3n) is 5.55. The van der Waals surface area contributed by atoms with Gasteiger partial charge < -0.3 is 9.80 Å². The van der Waals surface area contributed by atoms with Gasteiger partial charge in [0.05, 0.1) is 6.20 Å². The van der Waals surface area contributed by atoms with Crippen LogP contribution in [-0.4, -0.2) is 56.9 Å². The van der Waals surface area contributed by atoms with Crippen LogP contribution in [0.25, 0.3) is 0 Å². The molecular weight excluding hydrogens is 316 g/mol. The predicted octanol–water partition coefficient (Wildman–Crippen LogP) is 1.35. The van der Waals surface area contributed by atoms with E-state index in [4.69, 9.17) is 0 Å². The Kier molecular flexibility index (Phi) is 3.39. The van der Waals surface area contributed by atoms with Crippen molar-refractivity contribution in [3.8, 4) is 0 Å². The zero-order valence-electron chi connectivity index (χ0n) is 14.0. The van der Waals surface area contributed by atoms with Crippen molar-refractivity contribution in [3.05, 3.63) is 42.4 Å². The number of aromatic nitrogens is 4. The molecule has 2 saturated heterocycles. The number of carbonyl (C=O) groups excluding carboxylic acids is 1. The topological polar surface area (TPSA) is 75.1 Å². The first-order chi connectivity index (χ1) is 12.3. The van der Waals surface area contributed by atoms with Gasteiger partial charge in [-0.25, -0.2) is 15.0 Å². The maximum Gasteiger partial charge on any atom is 0.274 e. The van der Waals surface area contributed by atoms with Crippen molar-refractivity contribution in [2.24, 2.45) is 11.8 Å². The number of likely N-dealkylation sites (tertiary alicyclic amines) is 1. The molecule has 7 heteroatoms. The van der Waals surface area contributed by atoms with Crippen LogP contribution >= 0.6 is 0 Å². The highest BCUT2D eigenvalue weighted by molar-refractivity contribution is 5.92. The molecule has 0 spiro atoms. The highest BCUT2D eigenvalue weighted by atomic mass is 16.2. The first kappa shape index (κ1) is 14.7. The van der Waals surface area contributed by atoms with Crippen LogP contribution in [0.1, 0.15) is 34.9 Å². The van der Waals surface area contributed by atoms with Crippen LogP contribution in [0, 0.1) is 11.8 Å². The van der Waals surface area contributed by atoms with Crippen LogP contribution in [0.5, 0.6) is 0 Å². The van der Waals surface area contributed by atoms with Gasteiger partial charge in [0.1, 0.15) is 17.8 Å². The fraction of sp³-hybridized carbons (Fsp3) is 0.500. The van der Waals surface area contributed by atoms with Gasteiger partial charge in [0.2, 0.25) is 0 Å². The van der Waals surface area contributed by atoms with Gasteiger partial charge in [-0.15, -0.1) is 0 Å². The lowest BCUT2D eigenvalue weighted by Crippen LogP contribution is -2.34. The zero-order valence-corrected chi connectivity index (χ0v) is 14.0. The lowest BCUT2D eigenvalue weighted by atomic mass is 10.0. The lowest BCUT2D eigenvalue weighted by molar-refractivity contribution is 0.0776. The minimum Gasteiger partial charge on any atom is -0.356 e. The standard InChI is InChI=1S/C18H20N6O/c25-18(16-6-19-3-4-20-16)24-9-13-7-23(8-14(13)10-24)17-5-15(12-1-2-12)21-11-22-17/h3-6,11-14H,1-2,7-10H2. The van der Waals surface area contributed by atoms with Gasteiger partial charge in [-0.1, -0.05) is 0 Å². The maximum absolute atomic E-state index is 12.5. The van der Waals surface area contributed by atoms with Gasteiger partial charge >= 0.3 is 0 Å². The van der Waals surface area contributed by atoms with Crippen LogP contribution in [0.4, 0.5) is 5.82 Å². The number of anilines is 1. The Labute approximate surface area is 146 Å². The van der Waals surface area contributed by atoms with Crippen LogP contribution in [0.2, 0.25) is 0 Å². The molecule has 2 atom stereocenters. The molecule has 0 N–H and O–H groups in total. The zero-order chi connectivity index (χ0) is 16.8. The molecule has 2 aliphatic heterocycles. The minimum atomic E-state index is -0.00731. The summed E-state index contributed by atoms with van der Waals surface area (Å²) >= 11 is 0. The number of fused-ring (bicyclic) bond motifs is 1. The molecule has 25 heavy (non-hydrogen) atoms. The van der Waals surface area contributed by atoms with E-state index < -0.39 is 0 Å². The fourth-order valence-electron chi connectivity index (χ4n) is 4.05. The molecule has 128 valence electrons. The van der Waals surface area contributed by atoms with Gasteiger partial charge in [-0.05, 0) is 12.8 Å². The maximum atomic E-state index is 12.5. The first-order valence-electron chi connectivity index (χ1n) is 8.90. The van der Waals surface area contributed by atoms with Crippen LogP contribution < -0.4 is 4.90 Å². The van der Waals surface area contributed by atoms with Crippen molar-refractivity contribution in [2.75, 3.05) is 31.1 Å². The first-order valence-corrected chi connectivity index (χ1v) is 8.90. The lowest BCUT2D eigenvalue weighted by Gasteiger charge is -2.22. The van der Waals surface area contributed by atoms with E-state index >= 15 is 0 Å². The number of carbonyl (C=O) groups is 1. The molecule has 4 heterocycles. The van der Waals surface area contributed by atoms with E-state index in [9.17, 15) is 4.79 Å². The number of hydrogen-bond donors (Lipinski definition) is 0. The molecule has 1 amide bonds. The van der Waals surface area contributed by atoms with E-state index in [1.54, 1.807) is 24.9 Å². The van der Waals surface area contributed by atoms with E-state index in [0.29, 0.717) is 23.4 Å². The number of amides is 1. The molecule has 2 aromatic heterocycles. The molecule has 3 aliphatic rings. The van der Waals surface area contributed by atoms with Crippen LogP contribution in [0.3, 0.4) is 0 Å². The Morgan fingerprint density at radius 2 is 1.80 bits per heavy atom. The average molecular weight is 336 g/mol. The number of nitrogens with zero attached hydrogens (tertiary/aromatic N) is 6. The summed E-state index contributed by atoms with van der Waals surface area (Å²) in [5.74, 6) is 2.68. The summed E-state index contributed by atoms with van der Waals surface area (Å²) in [6.07, 6.45) is 8.90. The molecule has 5 rings (SSSR count). The molecule has 0 aromatic carbocycles. The second-order valence-corrected chi connectivity index (χ2v) is 7.30. The Morgan fingerprint density at radius 1 is 1.00 bits per heavy atom. The Morgan fingerprint density at radius 3 is 2.48 bits per heavy atom. The van der Waals surface area contributed by atoms with Crippen molar-refractivity contribution in [1.82, 2.24) is 24.8 Å². The number of rotatable bonds is 3. The van der Waals surface area contributed by atoms with Crippen molar-refractivity contribution in [3.63, 3.8) is 0 Å². The second kappa shape index (κ2) is 5.75. The smallest absolute Gasteiger partial charge is 0.274 e. The third kappa shape index (κ3) is 2.73. The van der Waals surface area contributed by atoms with E-state index in [1.807, 2.05) is 4.90 Å². The van der Waals surface area contributed by atoms with Crippen LogP contribution in [0.15, 0.2) is 31.0 Å². The van der Waals surface area contributed by atoms with E-state index in [0.717, 1.165) is 32.0 Å². The van der Waals surface area contributed by atoms with Crippen molar-refractivity contribution < 1.29 is 4.79 Å². The minimum absolute atomic E-state index is 0.00731. The summed E-state index contributed by atoms with van der Waals surface area (Å²) in [4.78, 5) is 33.8. The Bertz CT molecular complexity index is 779. The molecule has 0 bridgehead atoms. The van der Waals surface area contributed by atoms with Gasteiger partial charge in [-0.3, -0.25) is 9.78 Å². The van der Waals surface area contributed by atoms with Crippen molar-refractivity contribution in [1.29, 1.82) is 0 Å². The quantitative estimate of drug-likeness (QED) is 0.842. The van der Waals surface area contributed by atoms with E-state index in [-0.39, 0.29) is 5.91 Å². The van der Waals surface area contributed by atoms with E-state index in [1.165, 1.54) is 18.5 Å². The summed E-state index contributed by atoms with van der Waals surface area (Å²) in [6, 6.07) is 2.15. The highest BCUT2D eigenvalue weighted by Crippen LogP contribution is 2.40. The van der Waals surface area contributed by atoms with Gasteiger partial charge in [0, 0.05) is 68.1 Å². The molecule has 2 unspecified atom stereocenters. The SMILES string of the molecule is O=C(c1cnccn1)N1CC2CN(c3cc(C4CC4)ncn3)CC2C1. The van der Waals surface area contributed by atoms with Gasteiger partial charge in [0.25, 0.3) is 5.91 Å². The summed E-state index contributed by atoms with van der Waals surface area (Å²) in [5.41, 5.74) is 1.62. The molecule has 3 fully saturated rings. The fourth-order valence-corrected chi connectivity index (χ4v) is 4.05. The third-order valence-corrected chi connectivity index (χ3v) is 5.55. The molecule has 7 nitrogen and oxygen atoms in total. The number of hydrogen-bond acceptors (Lipinski definition) is 6. The van der Waals surface area contributed by atoms with Gasteiger partial charge in [-0.2, -0.15) is 0 Å². The molecule has 1 saturated carbocycles. The summed E-state index contributed by atoms with van der Waals surface area (Å²) in [7, 11) is 0. The predicted molar refractivity (Wildman–Crippen MR) is 91.1 cm³/mol. The summed E-state index contributed by atoms with van der Waals surface area (Å²) in [5, 5.41) is 0. The highest BCUT2D eigenvalue weighted by Gasteiger charge is 2.42.